The quantitative estimate of drug-likeness (QED) is 0.476. The van der Waals surface area contributed by atoms with Gasteiger partial charge < -0.3 is 24.6 Å². The molecule has 0 saturated heterocycles. The highest BCUT2D eigenvalue weighted by atomic mass is 19.1. The Bertz CT molecular complexity index is 1250. The minimum Gasteiger partial charge on any atom is -0.481 e. The van der Waals surface area contributed by atoms with Crippen molar-refractivity contribution in [1.29, 1.82) is 0 Å². The number of benzene rings is 2. The number of hydrogen-bond donors (Lipinski definition) is 2. The van der Waals surface area contributed by atoms with E-state index in [1.807, 2.05) is 30.3 Å². The third-order valence-electron chi connectivity index (χ3n) is 5.41. The summed E-state index contributed by atoms with van der Waals surface area (Å²) in [6.45, 7) is 1.36. The number of carboxylic acids is 1. The Morgan fingerprint density at radius 3 is 2.71 bits per heavy atom. The number of halogens is 1. The molecule has 0 aliphatic carbocycles. The van der Waals surface area contributed by atoms with Crippen molar-refractivity contribution in [3.63, 3.8) is 0 Å². The number of aromatic nitrogens is 1. The van der Waals surface area contributed by atoms with Gasteiger partial charge in [-0.3, -0.25) is 9.59 Å². The summed E-state index contributed by atoms with van der Waals surface area (Å²) in [5, 5.41) is 11.7. The summed E-state index contributed by atoms with van der Waals surface area (Å²) in [5.74, 6) is -2.96. The van der Waals surface area contributed by atoms with Gasteiger partial charge in [0.2, 0.25) is 12.2 Å². The van der Waals surface area contributed by atoms with E-state index in [2.05, 4.69) is 10.3 Å². The fourth-order valence-corrected chi connectivity index (χ4v) is 3.39. The lowest BCUT2D eigenvalue weighted by Gasteiger charge is -2.13. The van der Waals surface area contributed by atoms with Gasteiger partial charge in [0.15, 0.2) is 6.26 Å². The molecule has 0 saturated carbocycles. The average molecular weight is 478 g/mol. The lowest BCUT2D eigenvalue weighted by atomic mass is 9.99. The number of hydrogen-bond acceptors (Lipinski definition) is 6. The number of nitrogens with zero attached hydrogens (tertiary/aromatic N) is 1. The molecule has 9 heteroatoms. The first kappa shape index (κ1) is 23.7. The fraction of sp³-hybridized carbons (Fsp3) is 0.192. The Labute approximate surface area is 201 Å². The number of aliphatic carboxylic acids is 1. The maximum absolute atomic E-state index is 14.5. The van der Waals surface area contributed by atoms with Gasteiger partial charge in [0, 0.05) is 24.7 Å². The minimum absolute atomic E-state index is 0.00585. The van der Waals surface area contributed by atoms with Crippen molar-refractivity contribution in [2.75, 3.05) is 0 Å². The van der Waals surface area contributed by atoms with E-state index in [4.69, 9.17) is 19.3 Å². The molecule has 2 atom stereocenters. The third kappa shape index (κ3) is 5.94. The monoisotopic (exact) mass is 478 g/mol. The average Bonchev–Trinajstić information content (AvgIpc) is 3.30. The number of pyridine rings is 1. The summed E-state index contributed by atoms with van der Waals surface area (Å²) >= 11 is 0. The number of carbonyl (C=O) groups excluding carboxylic acids is 1. The van der Waals surface area contributed by atoms with Gasteiger partial charge in [-0.2, -0.15) is 0 Å². The summed E-state index contributed by atoms with van der Waals surface area (Å²) in [6, 6.07) is 16.9. The van der Waals surface area contributed by atoms with Crippen LogP contribution in [0.15, 0.2) is 79.1 Å². The second kappa shape index (κ2) is 10.7. The molecular formula is C26H23FN2O6. The molecule has 0 fully saturated rings. The van der Waals surface area contributed by atoms with Crippen molar-refractivity contribution in [2.45, 2.75) is 32.1 Å². The van der Waals surface area contributed by atoms with Gasteiger partial charge in [0.1, 0.15) is 11.4 Å². The van der Waals surface area contributed by atoms with Crippen molar-refractivity contribution in [3.05, 3.63) is 107 Å². The smallest absolute Gasteiger partial charge is 0.325 e. The first-order valence-corrected chi connectivity index (χ1v) is 10.9. The van der Waals surface area contributed by atoms with Crippen LogP contribution in [0.25, 0.3) is 0 Å². The van der Waals surface area contributed by atoms with Crippen LogP contribution in [0.1, 0.15) is 39.9 Å². The maximum atomic E-state index is 14.5. The largest absolute Gasteiger partial charge is 0.481 e. The van der Waals surface area contributed by atoms with Crippen molar-refractivity contribution >= 4 is 11.9 Å². The van der Waals surface area contributed by atoms with E-state index in [-0.39, 0.29) is 29.5 Å². The highest BCUT2D eigenvalue weighted by Crippen LogP contribution is 2.24. The van der Waals surface area contributed by atoms with Crippen LogP contribution in [0.5, 0.6) is 5.88 Å². The summed E-state index contributed by atoms with van der Waals surface area (Å²) in [5.41, 5.74) is 1.71. The number of nitrogens with one attached hydrogen (secondary N) is 1. The van der Waals surface area contributed by atoms with Gasteiger partial charge in [-0.1, -0.05) is 42.5 Å². The van der Waals surface area contributed by atoms with Gasteiger partial charge in [0.25, 0.3) is 5.91 Å². The zero-order valence-electron chi connectivity index (χ0n) is 18.8. The number of carbonyl (C=O) groups is 2. The molecular weight excluding hydrogens is 455 g/mol. The van der Waals surface area contributed by atoms with E-state index in [1.54, 1.807) is 6.07 Å². The molecule has 1 aromatic heterocycles. The zero-order valence-corrected chi connectivity index (χ0v) is 18.8. The Morgan fingerprint density at radius 1 is 1.17 bits per heavy atom. The molecule has 8 nitrogen and oxygen atoms in total. The molecule has 2 unspecified atom stereocenters. The van der Waals surface area contributed by atoms with Crippen LogP contribution in [-0.2, 0) is 27.2 Å². The molecule has 2 N–H and O–H groups in total. The molecule has 1 aliphatic heterocycles. The molecule has 2 heterocycles. The van der Waals surface area contributed by atoms with Gasteiger partial charge in [-0.25, -0.2) is 9.37 Å². The molecule has 180 valence electrons. The Morgan fingerprint density at radius 2 is 1.97 bits per heavy atom. The van der Waals surface area contributed by atoms with Crippen LogP contribution in [0.4, 0.5) is 4.39 Å². The predicted octanol–water partition coefficient (Wildman–Crippen LogP) is 4.13. The van der Waals surface area contributed by atoms with Crippen LogP contribution >= 0.6 is 0 Å². The Kier molecular flexibility index (Phi) is 7.25. The molecule has 1 amide bonds. The van der Waals surface area contributed by atoms with Crippen molar-refractivity contribution < 1.29 is 33.3 Å². The normalized spacial score (nSPS) is 15.4. The first-order valence-electron chi connectivity index (χ1n) is 10.9. The van der Waals surface area contributed by atoms with Crippen molar-refractivity contribution in [1.82, 2.24) is 10.3 Å². The van der Waals surface area contributed by atoms with Gasteiger partial charge >= 0.3 is 11.9 Å². The number of carboxylic acid groups (broad SMARTS) is 1. The number of ether oxygens (including phenoxy) is 3. The number of amides is 1. The molecule has 4 rings (SSSR count). The summed E-state index contributed by atoms with van der Waals surface area (Å²) < 4.78 is 31.2. The topological polar surface area (TPSA) is 107 Å². The van der Waals surface area contributed by atoms with Crippen LogP contribution < -0.4 is 10.1 Å². The third-order valence-corrected chi connectivity index (χ3v) is 5.41. The second-order valence-electron chi connectivity index (χ2n) is 7.86. The molecule has 0 bridgehead atoms. The zero-order chi connectivity index (χ0) is 24.8. The highest BCUT2D eigenvalue weighted by Gasteiger charge is 2.24. The lowest BCUT2D eigenvalue weighted by molar-refractivity contribution is -0.138. The van der Waals surface area contributed by atoms with E-state index in [0.717, 1.165) is 11.6 Å². The Balaban J connectivity index is 1.37. The maximum Gasteiger partial charge on any atom is 0.325 e. The molecule has 2 aromatic carbocycles. The van der Waals surface area contributed by atoms with E-state index in [9.17, 15) is 14.0 Å². The van der Waals surface area contributed by atoms with Crippen LogP contribution in [-0.4, -0.2) is 28.3 Å². The SMILES string of the molecule is CC(C(=O)O)c1ccc(CNC(=O)c2cccnc2OC2=COC(Cc3ccccc3)O2)c(F)c1. The van der Waals surface area contributed by atoms with E-state index < -0.39 is 29.9 Å². The second-order valence-corrected chi connectivity index (χ2v) is 7.86. The molecule has 35 heavy (non-hydrogen) atoms. The molecule has 0 spiro atoms. The van der Waals surface area contributed by atoms with Crippen molar-refractivity contribution in [2.24, 2.45) is 0 Å². The summed E-state index contributed by atoms with van der Waals surface area (Å²) in [7, 11) is 0. The van der Waals surface area contributed by atoms with E-state index in [0.29, 0.717) is 12.0 Å². The van der Waals surface area contributed by atoms with Gasteiger partial charge in [-0.15, -0.1) is 0 Å². The van der Waals surface area contributed by atoms with Crippen LogP contribution in [0.2, 0.25) is 0 Å². The van der Waals surface area contributed by atoms with E-state index in [1.165, 1.54) is 37.6 Å². The number of rotatable bonds is 9. The molecule has 1 aliphatic rings. The van der Waals surface area contributed by atoms with Crippen LogP contribution in [0, 0.1) is 5.82 Å². The first-order chi connectivity index (χ1) is 16.9. The fourth-order valence-electron chi connectivity index (χ4n) is 3.39. The van der Waals surface area contributed by atoms with Crippen LogP contribution in [0.3, 0.4) is 0 Å². The van der Waals surface area contributed by atoms with Crippen molar-refractivity contribution in [3.8, 4) is 5.88 Å². The van der Waals surface area contributed by atoms with E-state index >= 15 is 0 Å². The molecule has 3 aromatic rings. The van der Waals surface area contributed by atoms with Gasteiger partial charge in [0.05, 0.1) is 5.92 Å². The Hall–Kier alpha value is -4.40. The molecule has 0 radical (unpaired) electrons. The van der Waals surface area contributed by atoms with Gasteiger partial charge in [-0.05, 0) is 36.2 Å². The minimum atomic E-state index is -1.05. The summed E-state index contributed by atoms with van der Waals surface area (Å²) in [6.07, 6.45) is 2.73. The highest BCUT2D eigenvalue weighted by molar-refractivity contribution is 5.96. The standard InChI is InChI=1S/C26H23FN2O6/c1-16(26(31)32)18-9-10-19(21(27)13-18)14-29-24(30)20-8-5-11-28-25(20)35-23-15-33-22(34-23)12-17-6-3-2-4-7-17/h2-11,13,15-16,22H,12,14H2,1H3,(H,29,30)(H,31,32). The summed E-state index contributed by atoms with van der Waals surface area (Å²) in [4.78, 5) is 28.0. The predicted molar refractivity (Wildman–Crippen MR) is 123 cm³/mol. The lowest BCUT2D eigenvalue weighted by Crippen LogP contribution is -2.24.